The van der Waals surface area contributed by atoms with Gasteiger partial charge in [0.25, 0.3) is 5.91 Å². The van der Waals surface area contributed by atoms with Crippen molar-refractivity contribution in [3.63, 3.8) is 0 Å². The second kappa shape index (κ2) is 15.4. The Morgan fingerprint density at radius 3 is 2.04 bits per heavy atom. The molecule has 4 amide bonds. The third-order valence-corrected chi connectivity index (χ3v) is 13.8. The van der Waals surface area contributed by atoms with Gasteiger partial charge in [-0.2, -0.15) is 13.2 Å². The predicted molar refractivity (Wildman–Crippen MR) is 209 cm³/mol. The Morgan fingerprint density at radius 1 is 0.946 bits per heavy atom. The van der Waals surface area contributed by atoms with Crippen LogP contribution in [0.5, 0.6) is 0 Å². The quantitative estimate of drug-likeness (QED) is 0.196. The number of thioether (sulfide) groups is 1. The molecule has 2 aliphatic carbocycles. The number of hydrogen-bond acceptors (Lipinski definition) is 8. The molecule has 1 saturated heterocycles. The van der Waals surface area contributed by atoms with Crippen LogP contribution in [-0.2, 0) is 33.9 Å². The van der Waals surface area contributed by atoms with Gasteiger partial charge in [-0.25, -0.2) is 13.2 Å². The van der Waals surface area contributed by atoms with Crippen molar-refractivity contribution in [1.29, 1.82) is 0 Å². The molecule has 3 aliphatic rings. The maximum atomic E-state index is 14.8. The van der Waals surface area contributed by atoms with Crippen LogP contribution in [0.1, 0.15) is 79.7 Å². The van der Waals surface area contributed by atoms with Crippen LogP contribution in [0.3, 0.4) is 0 Å². The summed E-state index contributed by atoms with van der Waals surface area (Å²) in [6, 6.07) is 14.8. The van der Waals surface area contributed by atoms with Crippen LogP contribution in [0, 0.1) is 11.3 Å². The molecule has 3 fully saturated rings. The van der Waals surface area contributed by atoms with Crippen LogP contribution in [-0.4, -0.2) is 83.6 Å². The molecule has 16 heteroatoms. The summed E-state index contributed by atoms with van der Waals surface area (Å²) in [6.07, 6.45) is -3.95. The van der Waals surface area contributed by atoms with E-state index in [1.54, 1.807) is 20.8 Å². The van der Waals surface area contributed by atoms with Crippen LogP contribution in [0.25, 0.3) is 11.1 Å². The monoisotopic (exact) mass is 820 g/mol. The van der Waals surface area contributed by atoms with Crippen molar-refractivity contribution in [3.8, 4) is 11.1 Å². The van der Waals surface area contributed by atoms with Gasteiger partial charge in [0.05, 0.1) is 10.00 Å². The SMILES string of the molecule is C=C[C@@H]1C[C@]1(NC(=O)[C@@H]1C[C@@](SC(C)C)(c2ccc(-c3ccccc3)cc2)CN1C(=O)[C@@H](NC(=O)OC(C)(C)C(F)(F)F)C(C)(C)C)C(=O)NS(=O)(=O)C1CC1. The zero-order valence-electron chi connectivity index (χ0n) is 32.7. The van der Waals surface area contributed by atoms with Gasteiger partial charge >= 0.3 is 12.3 Å². The van der Waals surface area contributed by atoms with Crippen LogP contribution >= 0.6 is 11.8 Å². The molecule has 5 rings (SSSR count). The van der Waals surface area contributed by atoms with Gasteiger partial charge in [0.15, 0.2) is 0 Å². The van der Waals surface area contributed by atoms with Crippen molar-refractivity contribution >= 4 is 45.6 Å². The summed E-state index contributed by atoms with van der Waals surface area (Å²) in [4.78, 5) is 57.4. The second-order valence-electron chi connectivity index (χ2n) is 16.8. The maximum absolute atomic E-state index is 14.8. The fourth-order valence-corrected chi connectivity index (χ4v) is 10.0. The van der Waals surface area contributed by atoms with Crippen LogP contribution in [0.4, 0.5) is 18.0 Å². The van der Waals surface area contributed by atoms with E-state index in [9.17, 15) is 40.8 Å². The molecular formula is C40H51F3N4O7S2. The minimum Gasteiger partial charge on any atom is -0.434 e. The van der Waals surface area contributed by atoms with Gasteiger partial charge in [0.1, 0.15) is 17.6 Å². The van der Waals surface area contributed by atoms with E-state index in [1.165, 1.54) is 22.7 Å². The van der Waals surface area contributed by atoms with Crippen molar-refractivity contribution in [2.45, 2.75) is 119 Å². The largest absolute Gasteiger partial charge is 0.434 e. The van der Waals surface area contributed by atoms with Crippen LogP contribution in [0.15, 0.2) is 67.3 Å². The summed E-state index contributed by atoms with van der Waals surface area (Å²) in [5.74, 6) is -2.98. The van der Waals surface area contributed by atoms with Gasteiger partial charge in [-0.3, -0.25) is 19.1 Å². The van der Waals surface area contributed by atoms with E-state index in [1.807, 2.05) is 68.4 Å². The number of carbonyl (C=O) groups is 4. The Balaban J connectivity index is 1.54. The summed E-state index contributed by atoms with van der Waals surface area (Å²) < 4.78 is 72.6. The summed E-state index contributed by atoms with van der Waals surface area (Å²) in [5, 5.41) is 4.44. The van der Waals surface area contributed by atoms with Crippen LogP contribution < -0.4 is 15.4 Å². The average Bonchev–Trinajstić information content (AvgIpc) is 4.03. The smallest absolute Gasteiger partial charge is 0.427 e. The number of sulfonamides is 1. The number of benzene rings is 2. The Bertz CT molecular complexity index is 1950. The standard InChI is InChI=1S/C40H51F3N4O7S2/c1-9-27-21-39(27,34(50)46-56(52,53)29-19-20-29)45-32(48)30-22-38(55-24(2)3,28-17-15-26(16-18-28)25-13-11-10-12-14-25)23-47(30)33(49)31(36(4,5)6)44-35(51)54-37(7,8)40(41,42)43/h9-18,24,27,29-31H,1,19-23H2,2-8H3,(H,44,51)(H,45,48)(H,46,50)/t27-,30+,31-,38+,39-/m1/s1. The molecule has 3 N–H and O–H groups in total. The topological polar surface area (TPSA) is 151 Å². The minimum atomic E-state index is -4.90. The Labute approximate surface area is 331 Å². The highest BCUT2D eigenvalue weighted by molar-refractivity contribution is 8.00. The predicted octanol–water partition coefficient (Wildman–Crippen LogP) is 6.44. The Kier molecular flexibility index (Phi) is 11.8. The van der Waals surface area contributed by atoms with E-state index in [0.29, 0.717) is 26.7 Å². The van der Waals surface area contributed by atoms with Crippen molar-refractivity contribution in [1.82, 2.24) is 20.3 Å². The molecule has 0 spiro atoms. The highest BCUT2D eigenvalue weighted by Gasteiger charge is 2.63. The van der Waals surface area contributed by atoms with Gasteiger partial charge in [-0.15, -0.1) is 18.3 Å². The fraction of sp³-hybridized carbons (Fsp3) is 0.550. The number of nitrogens with zero attached hydrogens (tertiary/aromatic N) is 1. The number of ether oxygens (including phenoxy) is 1. The van der Waals surface area contributed by atoms with Crippen molar-refractivity contribution in [2.75, 3.05) is 6.54 Å². The molecule has 5 atom stereocenters. The number of hydrogen-bond donors (Lipinski definition) is 3. The molecule has 0 unspecified atom stereocenters. The molecular weight excluding hydrogens is 770 g/mol. The number of carbonyl (C=O) groups excluding carboxylic acids is 4. The molecule has 2 aromatic rings. The lowest BCUT2D eigenvalue weighted by Crippen LogP contribution is -2.60. The first-order chi connectivity index (χ1) is 25.9. The van der Waals surface area contributed by atoms with Crippen molar-refractivity contribution in [3.05, 3.63) is 72.8 Å². The molecule has 1 aliphatic heterocycles. The van der Waals surface area contributed by atoms with E-state index >= 15 is 0 Å². The molecule has 0 bridgehead atoms. The van der Waals surface area contributed by atoms with Gasteiger partial charge in [-0.05, 0) is 66.9 Å². The van der Waals surface area contributed by atoms with E-state index < -0.39 is 84.6 Å². The highest BCUT2D eigenvalue weighted by atomic mass is 32.2. The van der Waals surface area contributed by atoms with Gasteiger partial charge in [0, 0.05) is 12.5 Å². The lowest BCUT2D eigenvalue weighted by molar-refractivity contribution is -0.244. The van der Waals surface area contributed by atoms with Crippen molar-refractivity contribution < 1.29 is 45.5 Å². The van der Waals surface area contributed by atoms with Gasteiger partial charge < -0.3 is 20.3 Å². The molecule has 2 saturated carbocycles. The number of likely N-dealkylation sites (tertiary alicyclic amines) is 1. The number of amides is 4. The highest BCUT2D eigenvalue weighted by Crippen LogP contribution is 2.51. The molecule has 0 aromatic heterocycles. The summed E-state index contributed by atoms with van der Waals surface area (Å²) in [6.45, 7) is 13.9. The van der Waals surface area contributed by atoms with Gasteiger partial charge in [0.2, 0.25) is 27.4 Å². The maximum Gasteiger partial charge on any atom is 0.427 e. The fourth-order valence-electron chi connectivity index (χ4n) is 7.02. The number of alkyl halides is 3. The second-order valence-corrected chi connectivity index (χ2v) is 20.7. The molecule has 0 radical (unpaired) electrons. The van der Waals surface area contributed by atoms with Crippen molar-refractivity contribution in [2.24, 2.45) is 11.3 Å². The number of halogens is 3. The minimum absolute atomic E-state index is 0.0167. The molecule has 56 heavy (non-hydrogen) atoms. The lowest BCUT2D eigenvalue weighted by atomic mass is 9.85. The summed E-state index contributed by atoms with van der Waals surface area (Å²) in [7, 11) is -3.97. The molecule has 2 aromatic carbocycles. The first kappa shape index (κ1) is 43.1. The molecule has 11 nitrogen and oxygen atoms in total. The number of alkyl carbamates (subject to hydrolysis) is 1. The summed E-state index contributed by atoms with van der Waals surface area (Å²) >= 11 is 1.53. The van der Waals surface area contributed by atoms with E-state index in [2.05, 4.69) is 21.9 Å². The average molecular weight is 821 g/mol. The molecule has 306 valence electrons. The number of rotatable bonds is 13. The normalized spacial score (nSPS) is 24.6. The van der Waals surface area contributed by atoms with E-state index in [-0.39, 0.29) is 24.6 Å². The molecule has 1 heterocycles. The van der Waals surface area contributed by atoms with Gasteiger partial charge in [-0.1, -0.05) is 95.3 Å². The van der Waals surface area contributed by atoms with Crippen LogP contribution in [0.2, 0.25) is 0 Å². The van der Waals surface area contributed by atoms with E-state index in [0.717, 1.165) is 16.7 Å². The first-order valence-corrected chi connectivity index (χ1v) is 21.0. The zero-order chi connectivity index (χ0) is 41.6. The zero-order valence-corrected chi connectivity index (χ0v) is 34.3. The third kappa shape index (κ3) is 9.06. The summed E-state index contributed by atoms with van der Waals surface area (Å²) in [5.41, 5.74) is -2.88. The Hall–Kier alpha value is -4.05. The third-order valence-electron chi connectivity index (χ3n) is 10.5. The van der Waals surface area contributed by atoms with E-state index in [4.69, 9.17) is 4.74 Å². The Morgan fingerprint density at radius 2 is 1.54 bits per heavy atom. The number of nitrogens with one attached hydrogen (secondary N) is 3. The lowest BCUT2D eigenvalue weighted by Gasteiger charge is -2.37. The first-order valence-electron chi connectivity index (χ1n) is 18.6.